The molecule has 2 aromatic rings. The lowest BCUT2D eigenvalue weighted by atomic mass is 10.0. The number of benzene rings is 2. The zero-order valence-electron chi connectivity index (χ0n) is 15.6. The third-order valence-corrected chi connectivity index (χ3v) is 5.94. The highest BCUT2D eigenvalue weighted by Gasteiger charge is 2.27. The number of carbonyl (C=O) groups excluding carboxylic acids is 1. The lowest BCUT2D eigenvalue weighted by Crippen LogP contribution is -2.38. The first-order valence-corrected chi connectivity index (χ1v) is 9.88. The van der Waals surface area contributed by atoms with Crippen LogP contribution in [0.4, 0.5) is 0 Å². The average Bonchev–Trinajstić information content (AvgIpc) is 3.30. The van der Waals surface area contributed by atoms with Crippen LogP contribution in [0.15, 0.2) is 48.5 Å². The number of hydrogen-bond donors (Lipinski definition) is 1. The lowest BCUT2D eigenvalue weighted by molar-refractivity contribution is -0.121. The Morgan fingerprint density at radius 1 is 1.15 bits per heavy atom. The third kappa shape index (κ3) is 3.83. The minimum absolute atomic E-state index is 0.155. The number of amides is 1. The molecule has 1 saturated heterocycles. The molecule has 0 saturated carbocycles. The number of fused-ring (bicyclic) bond motifs is 1. The largest absolute Gasteiger partial charge is 0.352 e. The molecule has 3 heteroatoms. The molecular formula is C23H28N2O. The van der Waals surface area contributed by atoms with Crippen molar-refractivity contribution in [3.05, 3.63) is 70.8 Å². The Balaban J connectivity index is 1.30. The fourth-order valence-electron chi connectivity index (χ4n) is 4.40. The summed E-state index contributed by atoms with van der Waals surface area (Å²) in [5, 5.41) is 3.25. The lowest BCUT2D eigenvalue weighted by Gasteiger charge is -2.24. The number of nitrogens with zero attached hydrogens (tertiary/aromatic N) is 1. The van der Waals surface area contributed by atoms with Crippen molar-refractivity contribution in [2.45, 2.75) is 51.1 Å². The third-order valence-electron chi connectivity index (χ3n) is 5.94. The van der Waals surface area contributed by atoms with Gasteiger partial charge in [0.2, 0.25) is 5.91 Å². The Morgan fingerprint density at radius 3 is 2.81 bits per heavy atom. The van der Waals surface area contributed by atoms with Crippen LogP contribution < -0.4 is 5.32 Å². The molecule has 3 nitrogen and oxygen atoms in total. The highest BCUT2D eigenvalue weighted by molar-refractivity contribution is 5.79. The molecule has 2 aromatic carbocycles. The van der Waals surface area contributed by atoms with E-state index in [0.29, 0.717) is 12.5 Å². The van der Waals surface area contributed by atoms with Crippen LogP contribution in [-0.4, -0.2) is 29.9 Å². The molecule has 0 unspecified atom stereocenters. The van der Waals surface area contributed by atoms with Gasteiger partial charge in [-0.15, -0.1) is 0 Å². The minimum atomic E-state index is 0.155. The van der Waals surface area contributed by atoms with Crippen molar-refractivity contribution >= 4 is 5.91 Å². The molecule has 1 fully saturated rings. The van der Waals surface area contributed by atoms with E-state index in [2.05, 4.69) is 65.7 Å². The van der Waals surface area contributed by atoms with Gasteiger partial charge in [0.25, 0.3) is 0 Å². The predicted molar refractivity (Wildman–Crippen MR) is 105 cm³/mol. The highest BCUT2D eigenvalue weighted by Crippen LogP contribution is 2.25. The van der Waals surface area contributed by atoms with Gasteiger partial charge in [0, 0.05) is 25.2 Å². The van der Waals surface area contributed by atoms with E-state index in [0.717, 1.165) is 25.1 Å². The number of likely N-dealkylation sites (tertiary alicyclic amines) is 1. The summed E-state index contributed by atoms with van der Waals surface area (Å²) in [4.78, 5) is 15.0. The maximum absolute atomic E-state index is 12.5. The molecule has 136 valence electrons. The van der Waals surface area contributed by atoms with Crippen LogP contribution in [0.3, 0.4) is 0 Å². The van der Waals surface area contributed by atoms with E-state index in [9.17, 15) is 4.79 Å². The molecule has 1 heterocycles. The van der Waals surface area contributed by atoms with Crippen molar-refractivity contribution in [1.82, 2.24) is 10.2 Å². The molecule has 0 radical (unpaired) electrons. The van der Waals surface area contributed by atoms with Gasteiger partial charge < -0.3 is 5.32 Å². The summed E-state index contributed by atoms with van der Waals surface area (Å²) in [5.41, 5.74) is 5.41. The second-order valence-electron chi connectivity index (χ2n) is 7.77. The standard InChI is InChI=1S/C23H28N2O/c1-17(19-6-3-2-4-7-19)25-13-12-22(16-25)24-23(26)15-18-10-11-20-8-5-9-21(20)14-18/h2-4,6-7,10-11,14,17,22H,5,8-9,12-13,15-16H2,1H3,(H,24,26)/t17-,22-/m1/s1. The Morgan fingerprint density at radius 2 is 1.96 bits per heavy atom. The Bertz CT molecular complexity index is 771. The van der Waals surface area contributed by atoms with Gasteiger partial charge in [0.05, 0.1) is 6.42 Å². The normalized spacial score (nSPS) is 20.7. The first-order valence-electron chi connectivity index (χ1n) is 9.88. The Labute approximate surface area is 156 Å². The number of rotatable bonds is 5. The number of nitrogens with one attached hydrogen (secondary N) is 1. The van der Waals surface area contributed by atoms with Gasteiger partial charge >= 0.3 is 0 Å². The van der Waals surface area contributed by atoms with Crippen molar-refractivity contribution in [1.29, 1.82) is 0 Å². The first kappa shape index (κ1) is 17.3. The van der Waals surface area contributed by atoms with Crippen molar-refractivity contribution in [3.63, 3.8) is 0 Å². The van der Waals surface area contributed by atoms with E-state index in [1.807, 2.05) is 0 Å². The summed E-state index contributed by atoms with van der Waals surface area (Å²) in [6.45, 7) is 4.23. The minimum Gasteiger partial charge on any atom is -0.352 e. The smallest absolute Gasteiger partial charge is 0.224 e. The molecule has 4 rings (SSSR count). The number of carbonyl (C=O) groups is 1. The number of hydrogen-bond acceptors (Lipinski definition) is 2. The Kier molecular flexibility index (Phi) is 5.07. The van der Waals surface area contributed by atoms with Crippen LogP contribution in [0.5, 0.6) is 0 Å². The predicted octanol–water partition coefficient (Wildman–Crippen LogP) is 3.67. The molecule has 1 N–H and O–H groups in total. The van der Waals surface area contributed by atoms with E-state index < -0.39 is 0 Å². The van der Waals surface area contributed by atoms with Gasteiger partial charge in [-0.3, -0.25) is 9.69 Å². The van der Waals surface area contributed by atoms with Gasteiger partial charge in [-0.05, 0) is 54.9 Å². The molecule has 1 aliphatic heterocycles. The van der Waals surface area contributed by atoms with E-state index in [1.54, 1.807) is 0 Å². The van der Waals surface area contributed by atoms with E-state index in [-0.39, 0.29) is 11.9 Å². The van der Waals surface area contributed by atoms with E-state index in [1.165, 1.54) is 36.0 Å². The molecule has 1 amide bonds. The summed E-state index contributed by atoms with van der Waals surface area (Å²) in [6.07, 6.45) is 5.15. The maximum atomic E-state index is 12.5. The van der Waals surface area contributed by atoms with Crippen molar-refractivity contribution in [2.24, 2.45) is 0 Å². The van der Waals surface area contributed by atoms with Gasteiger partial charge in [-0.1, -0.05) is 48.5 Å². The SMILES string of the molecule is C[C@H](c1ccccc1)N1CC[C@@H](NC(=O)Cc2ccc3c(c2)CCC3)C1. The van der Waals surface area contributed by atoms with Crippen LogP contribution >= 0.6 is 0 Å². The molecule has 0 aromatic heterocycles. The Hall–Kier alpha value is -2.13. The second kappa shape index (κ2) is 7.63. The van der Waals surface area contributed by atoms with Crippen LogP contribution in [0.2, 0.25) is 0 Å². The van der Waals surface area contributed by atoms with Crippen LogP contribution in [-0.2, 0) is 24.1 Å². The van der Waals surface area contributed by atoms with E-state index >= 15 is 0 Å². The van der Waals surface area contributed by atoms with Gasteiger partial charge in [-0.2, -0.15) is 0 Å². The maximum Gasteiger partial charge on any atom is 0.224 e. The monoisotopic (exact) mass is 348 g/mol. The van der Waals surface area contributed by atoms with Crippen LogP contribution in [0.1, 0.15) is 48.1 Å². The molecule has 2 atom stereocenters. The van der Waals surface area contributed by atoms with Gasteiger partial charge in [0.15, 0.2) is 0 Å². The average molecular weight is 348 g/mol. The van der Waals surface area contributed by atoms with Crippen LogP contribution in [0, 0.1) is 0 Å². The molecule has 26 heavy (non-hydrogen) atoms. The zero-order valence-corrected chi connectivity index (χ0v) is 15.6. The summed E-state index contributed by atoms with van der Waals surface area (Å²) < 4.78 is 0. The molecule has 0 bridgehead atoms. The fourth-order valence-corrected chi connectivity index (χ4v) is 4.40. The summed E-state index contributed by atoms with van der Waals surface area (Å²) >= 11 is 0. The molecular weight excluding hydrogens is 320 g/mol. The summed E-state index contributed by atoms with van der Waals surface area (Å²) in [7, 11) is 0. The van der Waals surface area contributed by atoms with Crippen molar-refractivity contribution in [2.75, 3.05) is 13.1 Å². The first-order chi connectivity index (χ1) is 12.7. The summed E-state index contributed by atoms with van der Waals surface area (Å²) in [5.74, 6) is 0.155. The quantitative estimate of drug-likeness (QED) is 0.894. The summed E-state index contributed by atoms with van der Waals surface area (Å²) in [6, 6.07) is 17.9. The zero-order chi connectivity index (χ0) is 17.9. The second-order valence-corrected chi connectivity index (χ2v) is 7.77. The van der Waals surface area contributed by atoms with Crippen molar-refractivity contribution in [3.8, 4) is 0 Å². The molecule has 1 aliphatic carbocycles. The van der Waals surface area contributed by atoms with E-state index in [4.69, 9.17) is 0 Å². The van der Waals surface area contributed by atoms with Crippen LogP contribution in [0.25, 0.3) is 0 Å². The fraction of sp³-hybridized carbons (Fsp3) is 0.435. The van der Waals surface area contributed by atoms with Gasteiger partial charge in [0.1, 0.15) is 0 Å². The highest BCUT2D eigenvalue weighted by atomic mass is 16.1. The molecule has 0 spiro atoms. The number of aryl methyl sites for hydroxylation is 2. The van der Waals surface area contributed by atoms with Gasteiger partial charge in [-0.25, -0.2) is 0 Å². The van der Waals surface area contributed by atoms with Crippen molar-refractivity contribution < 1.29 is 4.79 Å². The topological polar surface area (TPSA) is 32.3 Å². The molecule has 2 aliphatic rings.